The minimum Gasteiger partial charge on any atom is -0.393 e. The molecule has 2 unspecified atom stereocenters. The Morgan fingerprint density at radius 2 is 1.91 bits per heavy atom. The highest BCUT2D eigenvalue weighted by atomic mass is 16.3. The second kappa shape index (κ2) is 8.46. The van der Waals surface area contributed by atoms with E-state index in [9.17, 15) is 9.90 Å². The molecule has 0 radical (unpaired) electrons. The number of aliphatic hydroxyl groups is 1. The lowest BCUT2D eigenvalue weighted by Crippen LogP contribution is -2.38. The Kier molecular flexibility index (Phi) is 7.23. The standard InChI is InChI=1S/C19H32N2O2/c1-13-8-7-9-17(16(13)4)21-18(23)10-14(2)20-12-19(5,6)11-15(3)22/h7-9,14-15,20,22H,10-12H2,1-6H3,(H,21,23). The van der Waals surface area contributed by atoms with Gasteiger partial charge in [-0.2, -0.15) is 0 Å². The van der Waals surface area contributed by atoms with Crippen LogP contribution in [0.5, 0.6) is 0 Å². The first-order valence-electron chi connectivity index (χ1n) is 8.38. The number of carbonyl (C=O) groups excluding carboxylic acids is 1. The molecule has 1 amide bonds. The van der Waals surface area contributed by atoms with Gasteiger partial charge in [0, 0.05) is 24.7 Å². The number of hydrogen-bond acceptors (Lipinski definition) is 3. The van der Waals surface area contributed by atoms with Gasteiger partial charge >= 0.3 is 0 Å². The van der Waals surface area contributed by atoms with Crippen LogP contribution in [0, 0.1) is 19.3 Å². The molecule has 4 nitrogen and oxygen atoms in total. The molecule has 1 aromatic carbocycles. The molecule has 0 aromatic heterocycles. The molecule has 1 aromatic rings. The average molecular weight is 320 g/mol. The predicted octanol–water partition coefficient (Wildman–Crippen LogP) is 3.41. The van der Waals surface area contributed by atoms with Crippen molar-refractivity contribution in [2.45, 2.75) is 66.5 Å². The maximum absolute atomic E-state index is 12.2. The molecule has 23 heavy (non-hydrogen) atoms. The fourth-order valence-electron chi connectivity index (χ4n) is 2.76. The van der Waals surface area contributed by atoms with Crippen LogP contribution in [0.4, 0.5) is 5.69 Å². The van der Waals surface area contributed by atoms with Gasteiger partial charge in [0.1, 0.15) is 0 Å². The highest BCUT2D eigenvalue weighted by Crippen LogP contribution is 2.22. The van der Waals surface area contributed by atoms with Crippen molar-refractivity contribution < 1.29 is 9.90 Å². The molecule has 1 rings (SSSR count). The Morgan fingerprint density at radius 1 is 1.26 bits per heavy atom. The van der Waals surface area contributed by atoms with Crippen LogP contribution in [-0.2, 0) is 4.79 Å². The zero-order valence-electron chi connectivity index (χ0n) is 15.4. The first-order chi connectivity index (χ1) is 10.6. The van der Waals surface area contributed by atoms with Gasteiger partial charge in [-0.15, -0.1) is 0 Å². The van der Waals surface area contributed by atoms with Crippen molar-refractivity contribution in [3.05, 3.63) is 29.3 Å². The van der Waals surface area contributed by atoms with Crippen molar-refractivity contribution in [3.63, 3.8) is 0 Å². The van der Waals surface area contributed by atoms with Crippen molar-refractivity contribution >= 4 is 11.6 Å². The quantitative estimate of drug-likeness (QED) is 0.688. The molecular formula is C19H32N2O2. The van der Waals surface area contributed by atoms with Crippen LogP contribution in [0.15, 0.2) is 18.2 Å². The molecule has 0 saturated carbocycles. The highest BCUT2D eigenvalue weighted by molar-refractivity contribution is 5.92. The van der Waals surface area contributed by atoms with Crippen LogP contribution in [-0.4, -0.2) is 29.7 Å². The van der Waals surface area contributed by atoms with Crippen LogP contribution >= 0.6 is 0 Å². The number of amides is 1. The van der Waals surface area contributed by atoms with Gasteiger partial charge in [0.15, 0.2) is 0 Å². The molecule has 130 valence electrons. The molecule has 0 aliphatic rings. The number of carbonyl (C=O) groups is 1. The molecule has 0 aliphatic heterocycles. The topological polar surface area (TPSA) is 61.4 Å². The number of hydrogen-bond donors (Lipinski definition) is 3. The zero-order valence-corrected chi connectivity index (χ0v) is 15.4. The molecule has 0 bridgehead atoms. The Bertz CT molecular complexity index is 524. The first-order valence-corrected chi connectivity index (χ1v) is 8.38. The number of nitrogens with one attached hydrogen (secondary N) is 2. The highest BCUT2D eigenvalue weighted by Gasteiger charge is 2.21. The van der Waals surface area contributed by atoms with E-state index in [2.05, 4.69) is 24.5 Å². The van der Waals surface area contributed by atoms with E-state index in [0.29, 0.717) is 6.42 Å². The lowest BCUT2D eigenvalue weighted by molar-refractivity contribution is -0.116. The van der Waals surface area contributed by atoms with E-state index in [1.807, 2.05) is 45.9 Å². The average Bonchev–Trinajstić information content (AvgIpc) is 2.40. The molecule has 0 saturated heterocycles. The summed E-state index contributed by atoms with van der Waals surface area (Å²) in [6.07, 6.45) is 0.856. The lowest BCUT2D eigenvalue weighted by atomic mass is 9.86. The van der Waals surface area contributed by atoms with E-state index in [4.69, 9.17) is 0 Å². The number of anilines is 1. The van der Waals surface area contributed by atoms with Crippen LogP contribution in [0.25, 0.3) is 0 Å². The van der Waals surface area contributed by atoms with Crippen LogP contribution in [0.1, 0.15) is 51.7 Å². The minimum absolute atomic E-state index is 0.00599. The van der Waals surface area contributed by atoms with Gasteiger partial charge in [-0.1, -0.05) is 26.0 Å². The van der Waals surface area contributed by atoms with Crippen LogP contribution in [0.2, 0.25) is 0 Å². The summed E-state index contributed by atoms with van der Waals surface area (Å²) in [7, 11) is 0. The van der Waals surface area contributed by atoms with Gasteiger partial charge in [-0.3, -0.25) is 4.79 Å². The fourth-order valence-corrected chi connectivity index (χ4v) is 2.76. The summed E-state index contributed by atoms with van der Waals surface area (Å²) in [4.78, 5) is 12.2. The normalized spacial score (nSPS) is 14.4. The zero-order chi connectivity index (χ0) is 17.6. The maximum Gasteiger partial charge on any atom is 0.225 e. The van der Waals surface area contributed by atoms with Crippen molar-refractivity contribution in [2.75, 3.05) is 11.9 Å². The SMILES string of the molecule is Cc1cccc(NC(=O)CC(C)NCC(C)(C)CC(C)O)c1C. The summed E-state index contributed by atoms with van der Waals surface area (Å²) >= 11 is 0. The van der Waals surface area contributed by atoms with E-state index in [1.54, 1.807) is 0 Å². The Hall–Kier alpha value is -1.39. The summed E-state index contributed by atoms with van der Waals surface area (Å²) in [5, 5.41) is 15.9. The van der Waals surface area contributed by atoms with Gasteiger partial charge in [-0.25, -0.2) is 0 Å². The minimum atomic E-state index is -0.310. The Morgan fingerprint density at radius 3 is 2.52 bits per heavy atom. The first kappa shape index (κ1) is 19.7. The lowest BCUT2D eigenvalue weighted by Gasteiger charge is -2.28. The molecule has 0 fully saturated rings. The van der Waals surface area contributed by atoms with E-state index < -0.39 is 0 Å². The van der Waals surface area contributed by atoms with E-state index in [0.717, 1.165) is 24.2 Å². The second-order valence-electron chi connectivity index (χ2n) is 7.50. The van der Waals surface area contributed by atoms with Crippen molar-refractivity contribution in [1.29, 1.82) is 0 Å². The summed E-state index contributed by atoms with van der Waals surface area (Å²) < 4.78 is 0. The number of aliphatic hydroxyl groups excluding tert-OH is 1. The number of aryl methyl sites for hydroxylation is 1. The fraction of sp³-hybridized carbons (Fsp3) is 0.632. The number of benzene rings is 1. The molecule has 0 spiro atoms. The van der Waals surface area contributed by atoms with Gasteiger partial charge in [-0.05, 0) is 56.7 Å². The van der Waals surface area contributed by atoms with Crippen LogP contribution < -0.4 is 10.6 Å². The van der Waals surface area contributed by atoms with Gasteiger partial charge in [0.05, 0.1) is 6.10 Å². The van der Waals surface area contributed by atoms with E-state index >= 15 is 0 Å². The third-order valence-corrected chi connectivity index (χ3v) is 4.15. The van der Waals surface area contributed by atoms with Crippen LogP contribution in [0.3, 0.4) is 0 Å². The monoisotopic (exact) mass is 320 g/mol. The molecular weight excluding hydrogens is 288 g/mol. The third kappa shape index (κ3) is 7.14. The van der Waals surface area contributed by atoms with E-state index in [-0.39, 0.29) is 23.5 Å². The second-order valence-corrected chi connectivity index (χ2v) is 7.50. The molecule has 4 heteroatoms. The van der Waals surface area contributed by atoms with Crippen molar-refractivity contribution in [2.24, 2.45) is 5.41 Å². The Balaban J connectivity index is 2.46. The summed E-state index contributed by atoms with van der Waals surface area (Å²) in [6, 6.07) is 6.02. The molecule has 3 N–H and O–H groups in total. The summed E-state index contributed by atoms with van der Waals surface area (Å²) in [5.74, 6) is 0.0204. The van der Waals surface area contributed by atoms with Crippen molar-refractivity contribution in [1.82, 2.24) is 5.32 Å². The molecule has 0 aliphatic carbocycles. The molecule has 0 heterocycles. The third-order valence-electron chi connectivity index (χ3n) is 4.15. The maximum atomic E-state index is 12.2. The number of rotatable bonds is 8. The Labute approximate surface area is 140 Å². The smallest absolute Gasteiger partial charge is 0.225 e. The van der Waals surface area contributed by atoms with Gasteiger partial charge in [0.2, 0.25) is 5.91 Å². The van der Waals surface area contributed by atoms with E-state index in [1.165, 1.54) is 5.56 Å². The van der Waals surface area contributed by atoms with Gasteiger partial charge in [0.25, 0.3) is 0 Å². The van der Waals surface area contributed by atoms with Crippen molar-refractivity contribution in [3.8, 4) is 0 Å². The molecule has 2 atom stereocenters. The summed E-state index contributed by atoms with van der Waals surface area (Å²) in [5.41, 5.74) is 3.18. The summed E-state index contributed by atoms with van der Waals surface area (Å²) in [6.45, 7) is 12.9. The van der Waals surface area contributed by atoms with Gasteiger partial charge < -0.3 is 15.7 Å². The predicted molar refractivity (Wildman–Crippen MR) is 96.7 cm³/mol. The largest absolute Gasteiger partial charge is 0.393 e.